The molecule has 1 heterocycles. The summed E-state index contributed by atoms with van der Waals surface area (Å²) < 4.78 is 0.968. The lowest BCUT2D eigenvalue weighted by molar-refractivity contribution is 0.145. The summed E-state index contributed by atoms with van der Waals surface area (Å²) in [7, 11) is 0. The van der Waals surface area contributed by atoms with Crippen LogP contribution in [0.1, 0.15) is 11.1 Å². The van der Waals surface area contributed by atoms with Crippen LogP contribution in [0.15, 0.2) is 12.1 Å². The number of halogens is 2. The second kappa shape index (κ2) is 3.58. The van der Waals surface area contributed by atoms with Crippen molar-refractivity contribution < 1.29 is 9.90 Å². The normalized spacial score (nSPS) is 14.3. The van der Waals surface area contributed by atoms with E-state index < -0.39 is 6.09 Å². The Kier molecular flexibility index (Phi) is 2.57. The van der Waals surface area contributed by atoms with Crippen molar-refractivity contribution in [3.05, 3.63) is 31.9 Å². The van der Waals surface area contributed by atoms with E-state index in [1.165, 1.54) is 4.90 Å². The Hall–Kier alpha value is -0.490. The third kappa shape index (κ3) is 1.68. The van der Waals surface area contributed by atoms with Gasteiger partial charge < -0.3 is 5.11 Å². The second-order valence-electron chi connectivity index (χ2n) is 3.17. The average Bonchev–Trinajstić information content (AvgIpc) is 2.48. The molecular weight excluding hydrogens is 316 g/mol. The van der Waals surface area contributed by atoms with Crippen LogP contribution >= 0.6 is 34.2 Å². The number of amides is 1. The largest absolute Gasteiger partial charge is 0.465 e. The number of rotatable bonds is 0. The number of nitrogens with zero attached hydrogens (tertiary/aromatic N) is 1. The zero-order chi connectivity index (χ0) is 10.3. The van der Waals surface area contributed by atoms with Gasteiger partial charge in [0.15, 0.2) is 0 Å². The van der Waals surface area contributed by atoms with Gasteiger partial charge in [-0.2, -0.15) is 0 Å². The molecular formula is C9H7ClINO2. The fourth-order valence-corrected chi connectivity index (χ4v) is 2.24. The standard InChI is InChI=1S/C9H7ClINO2/c10-7-1-5-3-12(9(13)14)4-6(5)2-8(7)11/h1-2H,3-4H2,(H,13,14). The second-order valence-corrected chi connectivity index (χ2v) is 4.74. The van der Waals surface area contributed by atoms with Crippen molar-refractivity contribution in [1.82, 2.24) is 4.90 Å². The van der Waals surface area contributed by atoms with Crippen molar-refractivity contribution in [3.8, 4) is 0 Å². The molecule has 1 aliphatic heterocycles. The summed E-state index contributed by atoms with van der Waals surface area (Å²) in [4.78, 5) is 12.1. The van der Waals surface area contributed by atoms with Gasteiger partial charge in [0.25, 0.3) is 0 Å². The summed E-state index contributed by atoms with van der Waals surface area (Å²) in [5.74, 6) is 0. The van der Waals surface area contributed by atoms with Gasteiger partial charge in [0.05, 0.1) is 5.02 Å². The molecule has 0 atom stereocenters. The van der Waals surface area contributed by atoms with Crippen molar-refractivity contribution in [2.75, 3.05) is 0 Å². The highest BCUT2D eigenvalue weighted by atomic mass is 127. The minimum Gasteiger partial charge on any atom is -0.465 e. The van der Waals surface area contributed by atoms with Crippen molar-refractivity contribution in [2.24, 2.45) is 0 Å². The van der Waals surface area contributed by atoms with Crippen LogP contribution in [0.2, 0.25) is 5.02 Å². The van der Waals surface area contributed by atoms with Crippen LogP contribution in [0, 0.1) is 3.57 Å². The molecule has 3 nitrogen and oxygen atoms in total. The number of hydrogen-bond acceptors (Lipinski definition) is 1. The van der Waals surface area contributed by atoms with Crippen LogP contribution < -0.4 is 0 Å². The summed E-state index contributed by atoms with van der Waals surface area (Å²) in [5, 5.41) is 9.51. The zero-order valence-corrected chi connectivity index (χ0v) is 10.0. The first-order valence-corrected chi connectivity index (χ1v) is 5.48. The summed E-state index contributed by atoms with van der Waals surface area (Å²) in [6.07, 6.45) is -0.882. The van der Waals surface area contributed by atoms with E-state index in [9.17, 15) is 4.79 Å². The Morgan fingerprint density at radius 3 is 2.57 bits per heavy atom. The first kappa shape index (κ1) is 10.0. The summed E-state index contributed by atoms with van der Waals surface area (Å²) in [5.41, 5.74) is 2.07. The van der Waals surface area contributed by atoms with E-state index in [0.29, 0.717) is 18.1 Å². The van der Waals surface area contributed by atoms with Crippen molar-refractivity contribution in [1.29, 1.82) is 0 Å². The van der Waals surface area contributed by atoms with Crippen molar-refractivity contribution in [3.63, 3.8) is 0 Å². The van der Waals surface area contributed by atoms with Crippen LogP contribution in [0.25, 0.3) is 0 Å². The molecule has 0 saturated carbocycles. The van der Waals surface area contributed by atoms with E-state index in [0.717, 1.165) is 14.7 Å². The summed E-state index contributed by atoms with van der Waals surface area (Å²) in [6.45, 7) is 0.916. The number of carboxylic acid groups (broad SMARTS) is 1. The fraction of sp³-hybridized carbons (Fsp3) is 0.222. The van der Waals surface area contributed by atoms with E-state index in [1.807, 2.05) is 12.1 Å². The molecule has 2 rings (SSSR count). The molecule has 0 saturated heterocycles. The highest BCUT2D eigenvalue weighted by Gasteiger charge is 2.23. The molecule has 1 aromatic carbocycles. The Labute approximate surface area is 99.8 Å². The highest BCUT2D eigenvalue weighted by molar-refractivity contribution is 14.1. The van der Waals surface area contributed by atoms with Gasteiger partial charge in [0.1, 0.15) is 0 Å². The van der Waals surface area contributed by atoms with Gasteiger partial charge in [-0.1, -0.05) is 11.6 Å². The number of benzene rings is 1. The lowest BCUT2D eigenvalue weighted by Crippen LogP contribution is -2.22. The van der Waals surface area contributed by atoms with Crippen LogP contribution in [0.3, 0.4) is 0 Å². The van der Waals surface area contributed by atoms with Crippen molar-refractivity contribution >= 4 is 40.3 Å². The van der Waals surface area contributed by atoms with Gasteiger partial charge in [-0.15, -0.1) is 0 Å². The molecule has 0 aliphatic carbocycles. The van der Waals surface area contributed by atoms with Gasteiger partial charge in [0.2, 0.25) is 0 Å². The molecule has 0 aromatic heterocycles. The van der Waals surface area contributed by atoms with Crippen LogP contribution in [-0.2, 0) is 13.1 Å². The molecule has 1 aliphatic rings. The van der Waals surface area contributed by atoms with E-state index in [1.54, 1.807) is 0 Å². The minimum absolute atomic E-state index is 0.446. The summed E-state index contributed by atoms with van der Waals surface area (Å²) in [6, 6.07) is 3.79. The Bertz CT molecular complexity index is 377. The molecule has 1 aromatic rings. The monoisotopic (exact) mass is 323 g/mol. The molecule has 0 radical (unpaired) electrons. The number of hydrogen-bond donors (Lipinski definition) is 1. The molecule has 14 heavy (non-hydrogen) atoms. The maximum Gasteiger partial charge on any atom is 0.407 e. The van der Waals surface area contributed by atoms with Gasteiger partial charge in [-0.3, -0.25) is 4.90 Å². The minimum atomic E-state index is -0.882. The molecule has 1 N–H and O–H groups in total. The Balaban J connectivity index is 2.36. The van der Waals surface area contributed by atoms with Gasteiger partial charge in [-0.05, 0) is 45.9 Å². The van der Waals surface area contributed by atoms with E-state index in [2.05, 4.69) is 22.6 Å². The molecule has 0 fully saturated rings. The molecule has 0 unspecified atom stereocenters. The Morgan fingerprint density at radius 2 is 2.00 bits per heavy atom. The molecule has 5 heteroatoms. The number of carbonyl (C=O) groups is 1. The van der Waals surface area contributed by atoms with Gasteiger partial charge in [-0.25, -0.2) is 4.79 Å². The molecule has 0 spiro atoms. The molecule has 0 bridgehead atoms. The zero-order valence-electron chi connectivity index (χ0n) is 7.13. The van der Waals surface area contributed by atoms with Crippen LogP contribution in [0.4, 0.5) is 4.79 Å². The quantitative estimate of drug-likeness (QED) is 0.746. The molecule has 74 valence electrons. The SMILES string of the molecule is O=C(O)N1Cc2cc(Cl)c(I)cc2C1. The van der Waals surface area contributed by atoms with Crippen molar-refractivity contribution in [2.45, 2.75) is 13.1 Å². The lowest BCUT2D eigenvalue weighted by atomic mass is 10.1. The predicted octanol–water partition coefficient (Wildman–Crippen LogP) is 2.94. The van der Waals surface area contributed by atoms with E-state index in [-0.39, 0.29) is 0 Å². The topological polar surface area (TPSA) is 40.5 Å². The van der Waals surface area contributed by atoms with E-state index >= 15 is 0 Å². The first-order chi connectivity index (χ1) is 6.58. The average molecular weight is 324 g/mol. The van der Waals surface area contributed by atoms with Crippen LogP contribution in [-0.4, -0.2) is 16.1 Å². The highest BCUT2D eigenvalue weighted by Crippen LogP contribution is 2.29. The van der Waals surface area contributed by atoms with E-state index in [4.69, 9.17) is 16.7 Å². The fourth-order valence-electron chi connectivity index (χ4n) is 1.53. The Morgan fingerprint density at radius 1 is 1.43 bits per heavy atom. The predicted molar refractivity (Wildman–Crippen MR) is 61.4 cm³/mol. The number of fused-ring (bicyclic) bond motifs is 1. The summed E-state index contributed by atoms with van der Waals surface area (Å²) >= 11 is 8.09. The van der Waals surface area contributed by atoms with Gasteiger partial charge >= 0.3 is 6.09 Å². The third-order valence-electron chi connectivity index (χ3n) is 2.24. The maximum absolute atomic E-state index is 10.7. The van der Waals surface area contributed by atoms with Crippen LogP contribution in [0.5, 0.6) is 0 Å². The molecule has 1 amide bonds. The van der Waals surface area contributed by atoms with Gasteiger partial charge in [0, 0.05) is 16.7 Å². The smallest absolute Gasteiger partial charge is 0.407 e. The first-order valence-electron chi connectivity index (χ1n) is 4.02. The third-order valence-corrected chi connectivity index (χ3v) is 3.76. The lowest BCUT2D eigenvalue weighted by Gasteiger charge is -2.08. The maximum atomic E-state index is 10.7.